The zero-order valence-corrected chi connectivity index (χ0v) is 12.0. The highest BCUT2D eigenvalue weighted by atomic mass is 35.5. The summed E-state index contributed by atoms with van der Waals surface area (Å²) in [5.74, 6) is 0.733. The van der Waals surface area contributed by atoms with Gasteiger partial charge in [-0.3, -0.25) is 4.79 Å². The van der Waals surface area contributed by atoms with Crippen LogP contribution in [0.1, 0.15) is 28.1 Å². The minimum absolute atomic E-state index is 0.106. The van der Waals surface area contributed by atoms with E-state index in [0.29, 0.717) is 21.9 Å². The van der Waals surface area contributed by atoms with E-state index in [1.807, 2.05) is 17.2 Å². The molecule has 0 spiro atoms. The second-order valence-corrected chi connectivity index (χ2v) is 6.49. The SMILES string of the molecule is Cc1csc(C(=O)N2CC3CCCNC3C2)c1Cl. The van der Waals surface area contributed by atoms with Gasteiger partial charge in [-0.25, -0.2) is 0 Å². The Morgan fingerprint density at radius 3 is 3.06 bits per heavy atom. The number of likely N-dealkylation sites (tertiary alicyclic amines) is 1. The van der Waals surface area contributed by atoms with E-state index in [9.17, 15) is 4.79 Å². The van der Waals surface area contributed by atoms with E-state index in [1.54, 1.807) is 0 Å². The Balaban J connectivity index is 1.76. The molecule has 2 atom stereocenters. The average Bonchev–Trinajstić information content (AvgIpc) is 2.94. The standard InChI is InChI=1S/C13H17ClN2OS/c1-8-7-18-12(11(8)14)13(17)16-5-9-3-2-4-15-10(9)6-16/h7,9-10,15H,2-6H2,1H3. The molecule has 2 saturated heterocycles. The van der Waals surface area contributed by atoms with Gasteiger partial charge in [0.2, 0.25) is 0 Å². The number of carbonyl (C=O) groups excluding carboxylic acids is 1. The molecule has 0 saturated carbocycles. The number of piperidine rings is 1. The Hall–Kier alpha value is -0.580. The first-order chi connectivity index (χ1) is 8.66. The van der Waals surface area contributed by atoms with Crippen LogP contribution in [-0.4, -0.2) is 36.5 Å². The van der Waals surface area contributed by atoms with Gasteiger partial charge in [0.05, 0.1) is 5.02 Å². The number of fused-ring (bicyclic) bond motifs is 1. The highest BCUT2D eigenvalue weighted by Gasteiger charge is 2.37. The number of aryl methyl sites for hydroxylation is 1. The molecule has 1 amide bonds. The third kappa shape index (κ3) is 2.06. The maximum absolute atomic E-state index is 12.4. The Morgan fingerprint density at radius 2 is 2.39 bits per heavy atom. The number of nitrogens with zero attached hydrogens (tertiary/aromatic N) is 1. The molecule has 18 heavy (non-hydrogen) atoms. The predicted molar refractivity (Wildman–Crippen MR) is 74.5 cm³/mol. The number of halogens is 1. The molecule has 2 aliphatic rings. The van der Waals surface area contributed by atoms with Gasteiger partial charge in [-0.2, -0.15) is 0 Å². The lowest BCUT2D eigenvalue weighted by molar-refractivity contribution is 0.0790. The molecule has 98 valence electrons. The summed E-state index contributed by atoms with van der Waals surface area (Å²) in [5.41, 5.74) is 1.000. The summed E-state index contributed by atoms with van der Waals surface area (Å²) in [6.45, 7) is 4.74. The van der Waals surface area contributed by atoms with Gasteiger partial charge in [0.25, 0.3) is 5.91 Å². The average molecular weight is 285 g/mol. The molecule has 0 aromatic carbocycles. The maximum atomic E-state index is 12.4. The smallest absolute Gasteiger partial charge is 0.265 e. The molecular formula is C13H17ClN2OS. The summed E-state index contributed by atoms with van der Waals surface area (Å²) in [5, 5.41) is 6.10. The third-order valence-electron chi connectivity index (χ3n) is 3.98. The molecular weight excluding hydrogens is 268 g/mol. The molecule has 1 N–H and O–H groups in total. The minimum Gasteiger partial charge on any atom is -0.336 e. The summed E-state index contributed by atoms with van der Waals surface area (Å²) in [7, 11) is 0. The molecule has 3 nitrogen and oxygen atoms in total. The first kappa shape index (κ1) is 12.5. The van der Waals surface area contributed by atoms with Crippen molar-refractivity contribution in [3.05, 3.63) is 20.8 Å². The molecule has 2 unspecified atom stereocenters. The van der Waals surface area contributed by atoms with Crippen LogP contribution in [0.25, 0.3) is 0 Å². The highest BCUT2D eigenvalue weighted by molar-refractivity contribution is 7.13. The predicted octanol–water partition coefficient (Wildman–Crippen LogP) is 2.53. The van der Waals surface area contributed by atoms with Crippen molar-refractivity contribution >= 4 is 28.8 Å². The lowest BCUT2D eigenvalue weighted by Gasteiger charge is -2.24. The fourth-order valence-corrected chi connectivity index (χ4v) is 4.17. The molecule has 0 bridgehead atoms. The van der Waals surface area contributed by atoms with E-state index in [4.69, 9.17) is 11.6 Å². The Labute approximate surface area is 116 Å². The van der Waals surface area contributed by atoms with E-state index >= 15 is 0 Å². The van der Waals surface area contributed by atoms with Crippen molar-refractivity contribution in [2.24, 2.45) is 5.92 Å². The van der Waals surface area contributed by atoms with Gasteiger partial charge in [0.1, 0.15) is 4.88 Å². The Morgan fingerprint density at radius 1 is 1.56 bits per heavy atom. The Kier molecular flexibility index (Phi) is 3.34. The second-order valence-electron chi connectivity index (χ2n) is 5.23. The van der Waals surface area contributed by atoms with Crippen LogP contribution < -0.4 is 5.32 Å². The number of amides is 1. The quantitative estimate of drug-likeness (QED) is 0.859. The van der Waals surface area contributed by atoms with Crippen molar-refractivity contribution < 1.29 is 4.79 Å². The van der Waals surface area contributed by atoms with Crippen LogP contribution >= 0.6 is 22.9 Å². The van der Waals surface area contributed by atoms with Crippen molar-refractivity contribution in [2.75, 3.05) is 19.6 Å². The molecule has 2 fully saturated rings. The van der Waals surface area contributed by atoms with E-state index in [0.717, 1.165) is 25.2 Å². The van der Waals surface area contributed by atoms with Gasteiger partial charge in [-0.1, -0.05) is 11.6 Å². The molecule has 2 aliphatic heterocycles. The van der Waals surface area contributed by atoms with Gasteiger partial charge >= 0.3 is 0 Å². The van der Waals surface area contributed by atoms with Crippen molar-refractivity contribution in [1.82, 2.24) is 10.2 Å². The maximum Gasteiger partial charge on any atom is 0.265 e. The van der Waals surface area contributed by atoms with Gasteiger partial charge in [-0.05, 0) is 43.2 Å². The van der Waals surface area contributed by atoms with Crippen LogP contribution in [0.15, 0.2) is 5.38 Å². The lowest BCUT2D eigenvalue weighted by Crippen LogP contribution is -2.41. The number of carbonyl (C=O) groups is 1. The van der Waals surface area contributed by atoms with Crippen LogP contribution in [0.3, 0.4) is 0 Å². The first-order valence-corrected chi connectivity index (χ1v) is 7.69. The summed E-state index contributed by atoms with van der Waals surface area (Å²) >= 11 is 7.64. The summed E-state index contributed by atoms with van der Waals surface area (Å²) < 4.78 is 0. The van der Waals surface area contributed by atoms with E-state index in [1.165, 1.54) is 24.2 Å². The molecule has 0 aliphatic carbocycles. The lowest BCUT2D eigenvalue weighted by atomic mass is 9.94. The fraction of sp³-hybridized carbons (Fsp3) is 0.615. The van der Waals surface area contributed by atoms with Crippen LogP contribution in [0, 0.1) is 12.8 Å². The largest absolute Gasteiger partial charge is 0.336 e. The van der Waals surface area contributed by atoms with E-state index in [-0.39, 0.29) is 5.91 Å². The summed E-state index contributed by atoms with van der Waals surface area (Å²) in [4.78, 5) is 15.1. The summed E-state index contributed by atoms with van der Waals surface area (Å²) in [6, 6.07) is 0.488. The highest BCUT2D eigenvalue weighted by Crippen LogP contribution is 2.31. The van der Waals surface area contributed by atoms with Gasteiger partial charge in [0.15, 0.2) is 0 Å². The van der Waals surface area contributed by atoms with Crippen molar-refractivity contribution in [1.29, 1.82) is 0 Å². The van der Waals surface area contributed by atoms with Crippen LogP contribution in [0.2, 0.25) is 5.02 Å². The van der Waals surface area contributed by atoms with E-state index < -0.39 is 0 Å². The molecule has 3 rings (SSSR count). The number of nitrogens with one attached hydrogen (secondary N) is 1. The monoisotopic (exact) mass is 284 g/mol. The molecule has 1 aromatic rings. The van der Waals surface area contributed by atoms with Gasteiger partial charge in [0, 0.05) is 19.1 Å². The number of hydrogen-bond acceptors (Lipinski definition) is 3. The van der Waals surface area contributed by atoms with Crippen LogP contribution in [0.5, 0.6) is 0 Å². The number of hydrogen-bond donors (Lipinski definition) is 1. The van der Waals surface area contributed by atoms with Crippen molar-refractivity contribution in [3.8, 4) is 0 Å². The van der Waals surface area contributed by atoms with Crippen molar-refractivity contribution in [3.63, 3.8) is 0 Å². The van der Waals surface area contributed by atoms with Crippen LogP contribution in [0.4, 0.5) is 0 Å². The topological polar surface area (TPSA) is 32.3 Å². The normalized spacial score (nSPS) is 27.3. The number of thiophene rings is 1. The van der Waals surface area contributed by atoms with Crippen molar-refractivity contribution in [2.45, 2.75) is 25.8 Å². The summed E-state index contributed by atoms with van der Waals surface area (Å²) in [6.07, 6.45) is 2.46. The minimum atomic E-state index is 0.106. The second kappa shape index (κ2) is 4.83. The van der Waals surface area contributed by atoms with Gasteiger partial charge < -0.3 is 10.2 Å². The Bertz CT molecular complexity index is 460. The first-order valence-electron chi connectivity index (χ1n) is 6.43. The third-order valence-corrected chi connectivity index (χ3v) is 5.66. The van der Waals surface area contributed by atoms with Crippen LogP contribution in [-0.2, 0) is 0 Å². The zero-order valence-electron chi connectivity index (χ0n) is 10.4. The van der Waals surface area contributed by atoms with E-state index in [2.05, 4.69) is 5.32 Å². The molecule has 3 heterocycles. The number of rotatable bonds is 1. The molecule has 5 heteroatoms. The fourth-order valence-electron chi connectivity index (χ4n) is 2.93. The van der Waals surface area contributed by atoms with Gasteiger partial charge in [-0.15, -0.1) is 11.3 Å². The molecule has 0 radical (unpaired) electrons. The molecule has 1 aromatic heterocycles. The zero-order chi connectivity index (χ0) is 12.7.